The highest BCUT2D eigenvalue weighted by Gasteiger charge is 2.42. The van der Waals surface area contributed by atoms with Crippen molar-refractivity contribution in [3.8, 4) is 0 Å². The standard InChI is InChI=1S/C19H11F9O2/c1-7(29)2-8-3-9(13(21)6-12(8)20)4-10(30)5-11-15(22)17(24)14(19(26,27)28)18(25)16(11)23/h3,6H,2,4-5H2,1H3. The monoisotopic (exact) mass is 442 g/mol. The van der Waals surface area contributed by atoms with Crippen molar-refractivity contribution in [2.45, 2.75) is 32.4 Å². The number of rotatable bonds is 6. The van der Waals surface area contributed by atoms with E-state index in [1.807, 2.05) is 0 Å². The van der Waals surface area contributed by atoms with Crippen LogP contribution in [-0.4, -0.2) is 11.6 Å². The Morgan fingerprint density at radius 1 is 0.733 bits per heavy atom. The number of halogens is 9. The first kappa shape index (κ1) is 23.4. The van der Waals surface area contributed by atoms with Crippen LogP contribution < -0.4 is 0 Å². The van der Waals surface area contributed by atoms with E-state index in [1.165, 1.54) is 0 Å². The summed E-state index contributed by atoms with van der Waals surface area (Å²) in [5, 5.41) is 0. The average Bonchev–Trinajstić information content (AvgIpc) is 2.59. The summed E-state index contributed by atoms with van der Waals surface area (Å²) in [6, 6.07) is 1.20. The van der Waals surface area contributed by atoms with Gasteiger partial charge in [0.25, 0.3) is 0 Å². The third-order valence-corrected chi connectivity index (χ3v) is 4.05. The van der Waals surface area contributed by atoms with Gasteiger partial charge >= 0.3 is 6.18 Å². The minimum Gasteiger partial charge on any atom is -0.300 e. The van der Waals surface area contributed by atoms with Gasteiger partial charge in [-0.3, -0.25) is 9.59 Å². The normalized spacial score (nSPS) is 11.7. The first-order valence-corrected chi connectivity index (χ1v) is 8.14. The zero-order valence-electron chi connectivity index (χ0n) is 15.0. The quantitative estimate of drug-likeness (QED) is 0.465. The van der Waals surface area contributed by atoms with Gasteiger partial charge in [-0.05, 0) is 24.1 Å². The lowest BCUT2D eigenvalue weighted by molar-refractivity contribution is -0.143. The SMILES string of the molecule is CC(=O)Cc1cc(CC(=O)Cc2c(F)c(F)c(C(F)(F)F)c(F)c2F)c(F)cc1F. The van der Waals surface area contributed by atoms with Crippen molar-refractivity contribution in [1.82, 2.24) is 0 Å². The van der Waals surface area contributed by atoms with Crippen LogP contribution in [0.25, 0.3) is 0 Å². The summed E-state index contributed by atoms with van der Waals surface area (Å²) < 4.78 is 120. The van der Waals surface area contributed by atoms with E-state index in [2.05, 4.69) is 0 Å². The zero-order chi connectivity index (χ0) is 23.0. The molecule has 0 unspecified atom stereocenters. The molecule has 0 radical (unpaired) electrons. The molecule has 162 valence electrons. The molecule has 0 amide bonds. The van der Waals surface area contributed by atoms with Gasteiger partial charge < -0.3 is 0 Å². The first-order chi connectivity index (χ1) is 13.7. The molecule has 2 rings (SSSR count). The minimum absolute atomic E-state index is 0.268. The van der Waals surface area contributed by atoms with Crippen LogP contribution in [0.15, 0.2) is 12.1 Å². The van der Waals surface area contributed by atoms with Gasteiger partial charge in [0.05, 0.1) is 0 Å². The van der Waals surface area contributed by atoms with Gasteiger partial charge in [-0.15, -0.1) is 0 Å². The smallest absolute Gasteiger partial charge is 0.300 e. The molecule has 11 heteroatoms. The lowest BCUT2D eigenvalue weighted by Crippen LogP contribution is -2.19. The Labute approximate surface area is 163 Å². The molecule has 0 spiro atoms. The van der Waals surface area contributed by atoms with E-state index in [0.29, 0.717) is 6.07 Å². The van der Waals surface area contributed by atoms with Crippen molar-refractivity contribution in [3.63, 3.8) is 0 Å². The van der Waals surface area contributed by atoms with Gasteiger partial charge in [0.15, 0.2) is 23.3 Å². The summed E-state index contributed by atoms with van der Waals surface area (Å²) in [6.45, 7) is 1.12. The Morgan fingerprint density at radius 2 is 1.20 bits per heavy atom. The van der Waals surface area contributed by atoms with Gasteiger partial charge in [-0.2, -0.15) is 13.2 Å². The summed E-state index contributed by atoms with van der Waals surface area (Å²) in [5.41, 5.74) is -5.14. The third kappa shape index (κ3) is 4.82. The number of hydrogen-bond donors (Lipinski definition) is 0. The maximum atomic E-state index is 13.9. The fourth-order valence-electron chi connectivity index (χ4n) is 2.74. The van der Waals surface area contributed by atoms with E-state index in [0.717, 1.165) is 13.0 Å². The van der Waals surface area contributed by atoms with Crippen LogP contribution in [0, 0.1) is 34.9 Å². The molecular formula is C19H11F9O2. The second-order valence-corrected chi connectivity index (χ2v) is 6.41. The Bertz CT molecular complexity index is 997. The number of alkyl halides is 3. The van der Waals surface area contributed by atoms with E-state index in [-0.39, 0.29) is 5.56 Å². The topological polar surface area (TPSA) is 34.1 Å². The van der Waals surface area contributed by atoms with Crippen LogP contribution in [0.2, 0.25) is 0 Å². The Balaban J connectivity index is 2.37. The Morgan fingerprint density at radius 3 is 1.63 bits per heavy atom. The van der Waals surface area contributed by atoms with Gasteiger partial charge in [0.2, 0.25) is 0 Å². The van der Waals surface area contributed by atoms with Crippen LogP contribution in [0.5, 0.6) is 0 Å². The first-order valence-electron chi connectivity index (χ1n) is 8.14. The van der Waals surface area contributed by atoms with Crippen LogP contribution in [0.3, 0.4) is 0 Å². The summed E-state index contributed by atoms with van der Waals surface area (Å²) in [4.78, 5) is 23.1. The summed E-state index contributed by atoms with van der Waals surface area (Å²) >= 11 is 0. The van der Waals surface area contributed by atoms with Crippen molar-refractivity contribution >= 4 is 11.6 Å². The van der Waals surface area contributed by atoms with Gasteiger partial charge in [0.1, 0.15) is 28.8 Å². The van der Waals surface area contributed by atoms with E-state index < -0.39 is 88.6 Å². The molecular weight excluding hydrogens is 431 g/mol. The highest BCUT2D eigenvalue weighted by atomic mass is 19.4. The van der Waals surface area contributed by atoms with Crippen molar-refractivity contribution < 1.29 is 49.1 Å². The molecule has 2 aromatic rings. The van der Waals surface area contributed by atoms with Crippen LogP contribution in [-0.2, 0) is 35.0 Å². The summed E-state index contributed by atoms with van der Waals surface area (Å²) in [7, 11) is 0. The number of Topliss-reactive ketones (excluding diaryl/α,β-unsaturated/α-hetero) is 2. The molecule has 0 saturated heterocycles. The molecule has 0 aliphatic heterocycles. The number of carbonyl (C=O) groups is 2. The molecule has 2 nitrogen and oxygen atoms in total. The second kappa shape index (κ2) is 8.49. The summed E-state index contributed by atoms with van der Waals surface area (Å²) in [6.07, 6.45) is -8.50. The van der Waals surface area contributed by atoms with Gasteiger partial charge in [-0.25, -0.2) is 26.3 Å². The molecule has 0 aromatic heterocycles. The number of benzene rings is 2. The molecule has 0 bridgehead atoms. The van der Waals surface area contributed by atoms with Crippen molar-refractivity contribution in [2.24, 2.45) is 0 Å². The average molecular weight is 442 g/mol. The second-order valence-electron chi connectivity index (χ2n) is 6.41. The van der Waals surface area contributed by atoms with E-state index >= 15 is 0 Å². The number of carbonyl (C=O) groups excluding carboxylic acids is 2. The molecule has 30 heavy (non-hydrogen) atoms. The molecule has 0 N–H and O–H groups in total. The fraction of sp³-hybridized carbons (Fsp3) is 0.263. The van der Waals surface area contributed by atoms with Crippen LogP contribution >= 0.6 is 0 Å². The zero-order valence-corrected chi connectivity index (χ0v) is 15.0. The Hall–Kier alpha value is -2.85. The molecule has 2 aromatic carbocycles. The highest BCUT2D eigenvalue weighted by Crippen LogP contribution is 2.37. The third-order valence-electron chi connectivity index (χ3n) is 4.05. The maximum Gasteiger partial charge on any atom is 0.422 e. The van der Waals surface area contributed by atoms with Crippen molar-refractivity contribution in [2.75, 3.05) is 0 Å². The van der Waals surface area contributed by atoms with Crippen LogP contribution in [0.4, 0.5) is 39.5 Å². The predicted octanol–water partition coefficient (Wildman–Crippen LogP) is 5.03. The lowest BCUT2D eigenvalue weighted by atomic mass is 9.97. The fourth-order valence-corrected chi connectivity index (χ4v) is 2.74. The molecule has 0 aliphatic carbocycles. The maximum absolute atomic E-state index is 13.9. The predicted molar refractivity (Wildman–Crippen MR) is 84.4 cm³/mol. The molecule has 0 heterocycles. The van der Waals surface area contributed by atoms with E-state index in [9.17, 15) is 49.1 Å². The number of hydrogen-bond acceptors (Lipinski definition) is 2. The van der Waals surface area contributed by atoms with Gasteiger partial charge in [-0.1, -0.05) is 0 Å². The number of ketones is 2. The molecule has 0 fully saturated rings. The highest BCUT2D eigenvalue weighted by molar-refractivity contribution is 5.83. The Kier molecular flexibility index (Phi) is 6.63. The molecule has 0 atom stereocenters. The lowest BCUT2D eigenvalue weighted by Gasteiger charge is -2.14. The van der Waals surface area contributed by atoms with Crippen molar-refractivity contribution in [3.05, 3.63) is 69.3 Å². The van der Waals surface area contributed by atoms with E-state index in [1.54, 1.807) is 0 Å². The largest absolute Gasteiger partial charge is 0.422 e. The molecule has 0 saturated carbocycles. The van der Waals surface area contributed by atoms with Crippen LogP contribution in [0.1, 0.15) is 29.2 Å². The van der Waals surface area contributed by atoms with E-state index in [4.69, 9.17) is 0 Å². The molecule has 0 aliphatic rings. The van der Waals surface area contributed by atoms with Crippen molar-refractivity contribution in [1.29, 1.82) is 0 Å². The minimum atomic E-state index is -5.73. The summed E-state index contributed by atoms with van der Waals surface area (Å²) in [5.74, 6) is -14.3. The van der Waals surface area contributed by atoms with Gasteiger partial charge in [0, 0.05) is 30.9 Å².